The zero-order valence-corrected chi connectivity index (χ0v) is 19.9. The van der Waals surface area contributed by atoms with Gasteiger partial charge >= 0.3 is 12.4 Å². The van der Waals surface area contributed by atoms with Gasteiger partial charge in [0.25, 0.3) is 0 Å². The van der Waals surface area contributed by atoms with Gasteiger partial charge in [-0.1, -0.05) is 26.0 Å². The number of aliphatic carboxylic acids is 1. The van der Waals surface area contributed by atoms with Crippen LogP contribution in [-0.2, 0) is 17.1 Å². The molecule has 0 bridgehead atoms. The molecule has 1 aliphatic rings. The molecule has 11 heteroatoms. The van der Waals surface area contributed by atoms with E-state index in [4.69, 9.17) is 0 Å². The second-order valence-corrected chi connectivity index (χ2v) is 9.67. The van der Waals surface area contributed by atoms with Crippen LogP contribution in [0.5, 0.6) is 0 Å². The molecular weight excluding hydrogens is 488 g/mol. The van der Waals surface area contributed by atoms with E-state index >= 15 is 0 Å². The average molecular weight is 517 g/mol. The van der Waals surface area contributed by atoms with E-state index in [1.165, 1.54) is 18.2 Å². The van der Waals surface area contributed by atoms with E-state index in [0.717, 1.165) is 24.6 Å². The maximum absolute atomic E-state index is 13.1. The van der Waals surface area contributed by atoms with Crippen molar-refractivity contribution < 1.29 is 36.2 Å². The predicted octanol–water partition coefficient (Wildman–Crippen LogP) is 5.58. The number of hydrogen-bond acceptors (Lipinski definition) is 5. The number of benzene rings is 1. The van der Waals surface area contributed by atoms with Crippen molar-refractivity contribution in [1.82, 2.24) is 15.1 Å². The Kier molecular flexibility index (Phi) is 8.63. The maximum Gasteiger partial charge on any atom is 0.435 e. The Labute approximate surface area is 205 Å². The van der Waals surface area contributed by atoms with E-state index in [0.29, 0.717) is 37.1 Å². The van der Waals surface area contributed by atoms with Gasteiger partial charge in [0.1, 0.15) is 0 Å². The molecule has 1 aromatic carbocycles. The van der Waals surface area contributed by atoms with Crippen molar-refractivity contribution in [2.24, 2.45) is 11.8 Å². The number of carboxylic acid groups (broad SMARTS) is 1. The van der Waals surface area contributed by atoms with Crippen molar-refractivity contribution in [1.29, 1.82) is 0 Å². The van der Waals surface area contributed by atoms with Crippen molar-refractivity contribution in [3.8, 4) is 0 Å². The standard InChI is InChI=1S/C25H29F6N3O2/c1-15(2)3-9-20(19-8-10-22(33-32-19)25(29,30)31)34-12-11-16(14-23(35)36)13-21(34)17-4-6-18(7-5-17)24(26,27)28/h4-8,10,15-16,20-21H,3,9,11-14H2,1-2H3,(H,35,36)/p-1/t16-,20-,21+/m1/s1. The minimum absolute atomic E-state index is 0.179. The van der Waals surface area contributed by atoms with Crippen molar-refractivity contribution >= 4 is 5.97 Å². The summed E-state index contributed by atoms with van der Waals surface area (Å²) in [6, 6.07) is 5.98. The number of carbonyl (C=O) groups is 1. The van der Waals surface area contributed by atoms with Gasteiger partial charge in [-0.05, 0) is 80.3 Å². The largest absolute Gasteiger partial charge is 0.550 e. The molecule has 0 spiro atoms. The molecule has 0 N–H and O–H groups in total. The molecule has 0 saturated carbocycles. The topological polar surface area (TPSA) is 69.2 Å². The van der Waals surface area contributed by atoms with Crippen molar-refractivity contribution in [3.63, 3.8) is 0 Å². The number of rotatable bonds is 8. The molecule has 198 valence electrons. The molecule has 0 amide bonds. The van der Waals surface area contributed by atoms with Gasteiger partial charge in [0, 0.05) is 12.0 Å². The Morgan fingerprint density at radius 1 is 1.00 bits per heavy atom. The van der Waals surface area contributed by atoms with Gasteiger partial charge in [-0.3, -0.25) is 4.90 Å². The van der Waals surface area contributed by atoms with E-state index in [2.05, 4.69) is 10.2 Å². The highest BCUT2D eigenvalue weighted by Gasteiger charge is 2.38. The zero-order valence-electron chi connectivity index (χ0n) is 19.9. The quantitative estimate of drug-likeness (QED) is 0.428. The lowest BCUT2D eigenvalue weighted by Crippen LogP contribution is -2.41. The summed E-state index contributed by atoms with van der Waals surface area (Å²) in [5, 5.41) is 18.5. The molecule has 1 aliphatic heterocycles. The summed E-state index contributed by atoms with van der Waals surface area (Å²) >= 11 is 0. The molecule has 1 fully saturated rings. The highest BCUT2D eigenvalue weighted by atomic mass is 19.4. The van der Waals surface area contributed by atoms with E-state index in [-0.39, 0.29) is 18.3 Å². The van der Waals surface area contributed by atoms with Gasteiger partial charge < -0.3 is 9.90 Å². The first-order valence-electron chi connectivity index (χ1n) is 11.8. The molecule has 0 unspecified atom stereocenters. The first kappa shape index (κ1) is 27.9. The Morgan fingerprint density at radius 3 is 2.17 bits per heavy atom. The van der Waals surface area contributed by atoms with Gasteiger partial charge in [-0.15, -0.1) is 5.10 Å². The summed E-state index contributed by atoms with van der Waals surface area (Å²) in [4.78, 5) is 13.2. The van der Waals surface area contributed by atoms with E-state index < -0.39 is 41.7 Å². The van der Waals surface area contributed by atoms with Crippen LogP contribution in [0.3, 0.4) is 0 Å². The zero-order chi connectivity index (χ0) is 26.7. The second-order valence-electron chi connectivity index (χ2n) is 9.67. The molecule has 1 aromatic heterocycles. The van der Waals surface area contributed by atoms with Gasteiger partial charge in [0.2, 0.25) is 0 Å². The average Bonchev–Trinajstić information content (AvgIpc) is 2.78. The summed E-state index contributed by atoms with van der Waals surface area (Å²) in [6.07, 6.45) is -7.19. The fourth-order valence-electron chi connectivity index (χ4n) is 4.72. The van der Waals surface area contributed by atoms with Crippen LogP contribution in [0.1, 0.15) is 80.6 Å². The van der Waals surface area contributed by atoms with Crippen LogP contribution < -0.4 is 5.11 Å². The summed E-state index contributed by atoms with van der Waals surface area (Å²) in [5.41, 5.74) is -1.01. The van der Waals surface area contributed by atoms with E-state index in [9.17, 15) is 36.2 Å². The molecule has 36 heavy (non-hydrogen) atoms. The Balaban J connectivity index is 1.99. The SMILES string of the molecule is CC(C)CC[C@H](c1ccc(C(F)(F)F)nn1)N1CC[C@@H](CC(=O)[O-])C[C@H]1c1ccc(C(F)(F)F)cc1. The van der Waals surface area contributed by atoms with Crippen LogP contribution in [0.4, 0.5) is 26.3 Å². The lowest BCUT2D eigenvalue weighted by atomic mass is 9.83. The van der Waals surface area contributed by atoms with Crippen LogP contribution in [-0.4, -0.2) is 27.6 Å². The molecule has 2 heterocycles. The number of nitrogens with zero attached hydrogens (tertiary/aromatic N) is 3. The number of carboxylic acids is 1. The van der Waals surface area contributed by atoms with Crippen LogP contribution in [0.15, 0.2) is 36.4 Å². The lowest BCUT2D eigenvalue weighted by Gasteiger charge is -2.44. The minimum Gasteiger partial charge on any atom is -0.550 e. The van der Waals surface area contributed by atoms with Crippen molar-refractivity contribution in [2.75, 3.05) is 6.54 Å². The van der Waals surface area contributed by atoms with Crippen LogP contribution >= 0.6 is 0 Å². The number of halogens is 6. The number of alkyl halides is 6. The monoisotopic (exact) mass is 516 g/mol. The predicted molar refractivity (Wildman–Crippen MR) is 117 cm³/mol. The number of aromatic nitrogens is 2. The first-order chi connectivity index (χ1) is 16.8. The molecule has 0 aliphatic carbocycles. The van der Waals surface area contributed by atoms with Gasteiger partial charge in [-0.25, -0.2) is 0 Å². The first-order valence-corrected chi connectivity index (χ1v) is 11.8. The van der Waals surface area contributed by atoms with Crippen molar-refractivity contribution in [2.45, 2.75) is 70.4 Å². The molecule has 3 rings (SSSR count). The second kappa shape index (κ2) is 11.1. The molecule has 5 nitrogen and oxygen atoms in total. The molecular formula is C25H28F6N3O2-. The molecule has 1 saturated heterocycles. The van der Waals surface area contributed by atoms with Crippen molar-refractivity contribution in [3.05, 3.63) is 58.9 Å². The number of likely N-dealkylation sites (tertiary alicyclic amines) is 1. The van der Waals surface area contributed by atoms with Crippen LogP contribution in [0, 0.1) is 11.8 Å². The fraction of sp³-hybridized carbons (Fsp3) is 0.560. The molecule has 3 atom stereocenters. The number of hydrogen-bond donors (Lipinski definition) is 0. The minimum atomic E-state index is -4.63. The van der Waals surface area contributed by atoms with Crippen LogP contribution in [0.2, 0.25) is 0 Å². The summed E-state index contributed by atoms with van der Waals surface area (Å²) in [6.45, 7) is 4.42. The van der Waals surface area contributed by atoms with Gasteiger partial charge in [0.05, 0.1) is 17.3 Å². The normalized spacial score (nSPS) is 20.5. The van der Waals surface area contributed by atoms with Gasteiger partial charge in [0.15, 0.2) is 5.69 Å². The highest BCUT2D eigenvalue weighted by molar-refractivity contribution is 5.64. The lowest BCUT2D eigenvalue weighted by molar-refractivity contribution is -0.307. The summed E-state index contributed by atoms with van der Waals surface area (Å²) in [5.74, 6) is -1.16. The van der Waals surface area contributed by atoms with E-state index in [1.807, 2.05) is 18.7 Å². The molecule has 2 aromatic rings. The smallest absolute Gasteiger partial charge is 0.435 e. The molecule has 0 radical (unpaired) electrons. The van der Waals surface area contributed by atoms with Crippen LogP contribution in [0.25, 0.3) is 0 Å². The number of piperidine rings is 1. The highest BCUT2D eigenvalue weighted by Crippen LogP contribution is 2.43. The fourth-order valence-corrected chi connectivity index (χ4v) is 4.72. The third-order valence-corrected chi connectivity index (χ3v) is 6.57. The number of carbonyl (C=O) groups excluding carboxylic acids is 1. The Morgan fingerprint density at radius 2 is 1.67 bits per heavy atom. The third-order valence-electron chi connectivity index (χ3n) is 6.57. The summed E-state index contributed by atoms with van der Waals surface area (Å²) in [7, 11) is 0. The van der Waals surface area contributed by atoms with Gasteiger partial charge in [-0.2, -0.15) is 31.4 Å². The summed E-state index contributed by atoms with van der Waals surface area (Å²) < 4.78 is 78.4. The Hall–Kier alpha value is -2.69. The Bertz CT molecular complexity index is 1010. The maximum atomic E-state index is 13.1. The third kappa shape index (κ3) is 7.18. The van der Waals surface area contributed by atoms with E-state index in [1.54, 1.807) is 0 Å².